The molecule has 178 valence electrons. The van der Waals surface area contributed by atoms with Gasteiger partial charge >= 0.3 is 0 Å². The third-order valence-corrected chi connectivity index (χ3v) is 6.32. The van der Waals surface area contributed by atoms with Crippen LogP contribution in [0.15, 0.2) is 71.8 Å². The zero-order valence-corrected chi connectivity index (χ0v) is 20.3. The molecule has 3 rings (SSSR count). The highest BCUT2D eigenvalue weighted by atomic mass is 32.2. The molecule has 1 amide bonds. The minimum absolute atomic E-state index is 0.201. The summed E-state index contributed by atoms with van der Waals surface area (Å²) in [6.45, 7) is 2.14. The first-order chi connectivity index (χ1) is 16.2. The number of ether oxygens (including phenoxy) is 2. The predicted molar refractivity (Wildman–Crippen MR) is 133 cm³/mol. The van der Waals surface area contributed by atoms with Crippen molar-refractivity contribution in [3.05, 3.63) is 89.0 Å². The number of carbonyl (C=O) groups is 1. The summed E-state index contributed by atoms with van der Waals surface area (Å²) in [7, 11) is -0.443. The molecule has 9 heteroatoms. The van der Waals surface area contributed by atoms with Crippen molar-refractivity contribution in [1.29, 1.82) is 0 Å². The minimum atomic E-state index is -3.53. The van der Waals surface area contributed by atoms with E-state index in [2.05, 4.69) is 10.5 Å². The van der Waals surface area contributed by atoms with Gasteiger partial charge in [0.15, 0.2) is 11.5 Å². The first kappa shape index (κ1) is 24.8. The lowest BCUT2D eigenvalue weighted by molar-refractivity contribution is 0.0955. The molecule has 0 saturated heterocycles. The summed E-state index contributed by atoms with van der Waals surface area (Å²) in [5.41, 5.74) is 5.90. The second-order valence-corrected chi connectivity index (χ2v) is 9.46. The van der Waals surface area contributed by atoms with Gasteiger partial charge in [-0.1, -0.05) is 24.3 Å². The van der Waals surface area contributed by atoms with Crippen LogP contribution >= 0.6 is 0 Å². The molecule has 0 spiro atoms. The first-order valence-corrected chi connectivity index (χ1v) is 12.3. The Labute approximate surface area is 199 Å². The molecular formula is C25H27N3O5S. The lowest BCUT2D eigenvalue weighted by Crippen LogP contribution is -2.29. The van der Waals surface area contributed by atoms with Crippen molar-refractivity contribution in [3.63, 3.8) is 0 Å². The molecule has 3 aromatic rings. The van der Waals surface area contributed by atoms with E-state index in [-0.39, 0.29) is 6.54 Å². The third kappa shape index (κ3) is 6.14. The number of nitrogens with zero attached hydrogens (tertiary/aromatic N) is 2. The fourth-order valence-corrected chi connectivity index (χ4v) is 4.16. The summed E-state index contributed by atoms with van der Waals surface area (Å²) in [5, 5.41) is 3.98. The topological polar surface area (TPSA) is 97.3 Å². The van der Waals surface area contributed by atoms with Gasteiger partial charge in [0, 0.05) is 5.56 Å². The summed E-state index contributed by atoms with van der Waals surface area (Å²) >= 11 is 0. The molecule has 0 unspecified atom stereocenters. The van der Waals surface area contributed by atoms with Gasteiger partial charge in [0.05, 0.1) is 38.9 Å². The van der Waals surface area contributed by atoms with Gasteiger partial charge in [0.2, 0.25) is 10.0 Å². The summed E-state index contributed by atoms with van der Waals surface area (Å²) in [4.78, 5) is 12.5. The van der Waals surface area contributed by atoms with Crippen LogP contribution in [0.1, 0.15) is 27.0 Å². The Morgan fingerprint density at radius 1 is 1.00 bits per heavy atom. The quantitative estimate of drug-likeness (QED) is 0.371. The Kier molecular flexibility index (Phi) is 7.91. The highest BCUT2D eigenvalue weighted by molar-refractivity contribution is 7.92. The molecule has 0 aromatic heterocycles. The van der Waals surface area contributed by atoms with Gasteiger partial charge in [-0.15, -0.1) is 0 Å². The number of sulfonamides is 1. The van der Waals surface area contributed by atoms with E-state index >= 15 is 0 Å². The van der Waals surface area contributed by atoms with Crippen LogP contribution < -0.4 is 19.2 Å². The molecule has 0 aliphatic rings. The lowest BCUT2D eigenvalue weighted by atomic mass is 10.1. The molecule has 8 nitrogen and oxygen atoms in total. The number of hydrazone groups is 1. The van der Waals surface area contributed by atoms with E-state index in [9.17, 15) is 13.2 Å². The lowest BCUT2D eigenvalue weighted by Gasteiger charge is -2.23. The Morgan fingerprint density at radius 2 is 1.68 bits per heavy atom. The molecule has 0 fully saturated rings. The third-order valence-electron chi connectivity index (χ3n) is 5.18. The van der Waals surface area contributed by atoms with Gasteiger partial charge in [-0.3, -0.25) is 9.10 Å². The number of hydrogen-bond donors (Lipinski definition) is 1. The van der Waals surface area contributed by atoms with Crippen molar-refractivity contribution in [2.24, 2.45) is 5.10 Å². The van der Waals surface area contributed by atoms with E-state index in [4.69, 9.17) is 9.47 Å². The fourth-order valence-electron chi connectivity index (χ4n) is 3.28. The van der Waals surface area contributed by atoms with E-state index in [1.165, 1.54) is 17.6 Å². The number of rotatable bonds is 9. The van der Waals surface area contributed by atoms with Gasteiger partial charge < -0.3 is 9.47 Å². The number of methoxy groups -OCH3 is 2. The highest BCUT2D eigenvalue weighted by Crippen LogP contribution is 2.27. The molecule has 0 atom stereocenters. The maximum absolute atomic E-state index is 12.5. The fraction of sp³-hybridized carbons (Fsp3) is 0.200. The zero-order chi connectivity index (χ0) is 24.7. The number of aryl methyl sites for hydroxylation is 1. The summed E-state index contributed by atoms with van der Waals surface area (Å²) in [5.74, 6) is 0.719. The van der Waals surface area contributed by atoms with Crippen LogP contribution in [-0.4, -0.2) is 41.0 Å². The molecule has 0 saturated carbocycles. The number of nitrogens with one attached hydrogen (secondary N) is 1. The Hall–Kier alpha value is -3.85. The van der Waals surface area contributed by atoms with Crippen LogP contribution in [0.5, 0.6) is 11.5 Å². The highest BCUT2D eigenvalue weighted by Gasteiger charge is 2.19. The Balaban J connectivity index is 1.71. The van der Waals surface area contributed by atoms with E-state index in [0.717, 1.165) is 17.4 Å². The maximum Gasteiger partial charge on any atom is 0.271 e. The molecule has 0 radical (unpaired) electrons. The van der Waals surface area contributed by atoms with Gasteiger partial charge in [0.25, 0.3) is 5.91 Å². The van der Waals surface area contributed by atoms with Crippen LogP contribution in [0.3, 0.4) is 0 Å². The maximum atomic E-state index is 12.5. The summed E-state index contributed by atoms with van der Waals surface area (Å²) < 4.78 is 36.6. The number of hydrogen-bond acceptors (Lipinski definition) is 6. The molecule has 3 aromatic carbocycles. The summed E-state index contributed by atoms with van der Waals surface area (Å²) in [6, 6.07) is 19.2. The van der Waals surface area contributed by atoms with Crippen LogP contribution in [0.25, 0.3) is 0 Å². The van der Waals surface area contributed by atoms with Gasteiger partial charge in [0.1, 0.15) is 0 Å². The second-order valence-electron chi connectivity index (χ2n) is 7.56. The van der Waals surface area contributed by atoms with Gasteiger partial charge in [-0.2, -0.15) is 5.10 Å². The van der Waals surface area contributed by atoms with Crippen molar-refractivity contribution in [2.75, 3.05) is 24.8 Å². The molecule has 1 N–H and O–H groups in total. The van der Waals surface area contributed by atoms with Crippen molar-refractivity contribution in [1.82, 2.24) is 5.43 Å². The monoisotopic (exact) mass is 481 g/mol. The van der Waals surface area contributed by atoms with Crippen molar-refractivity contribution < 1.29 is 22.7 Å². The number of benzene rings is 3. The molecule has 34 heavy (non-hydrogen) atoms. The van der Waals surface area contributed by atoms with E-state index in [0.29, 0.717) is 28.3 Å². The van der Waals surface area contributed by atoms with Crippen LogP contribution in [0, 0.1) is 6.92 Å². The van der Waals surface area contributed by atoms with Crippen molar-refractivity contribution >= 4 is 27.8 Å². The van der Waals surface area contributed by atoms with E-state index in [1.807, 2.05) is 31.2 Å². The van der Waals surface area contributed by atoms with E-state index in [1.54, 1.807) is 49.6 Å². The predicted octanol–water partition coefficient (Wildman–Crippen LogP) is 3.74. The average Bonchev–Trinajstić information content (AvgIpc) is 2.82. The van der Waals surface area contributed by atoms with Crippen molar-refractivity contribution in [2.45, 2.75) is 13.5 Å². The molecule has 0 aliphatic carbocycles. The van der Waals surface area contributed by atoms with E-state index < -0.39 is 15.9 Å². The molecular weight excluding hydrogens is 454 g/mol. The van der Waals surface area contributed by atoms with Crippen molar-refractivity contribution in [3.8, 4) is 11.5 Å². The summed E-state index contributed by atoms with van der Waals surface area (Å²) in [6.07, 6.45) is 2.65. The van der Waals surface area contributed by atoms with Crippen LogP contribution in [-0.2, 0) is 16.6 Å². The Morgan fingerprint density at radius 3 is 2.29 bits per heavy atom. The molecule has 0 bridgehead atoms. The largest absolute Gasteiger partial charge is 0.493 e. The second kappa shape index (κ2) is 10.8. The Bertz CT molecular complexity index is 1290. The SMILES string of the molecule is COc1ccc(/C=N\NC(=O)c2ccc(N(Cc3ccccc3C)S(C)(=O)=O)cc2)cc1OC. The van der Waals surface area contributed by atoms with Crippen LogP contribution in [0.4, 0.5) is 5.69 Å². The number of amides is 1. The normalized spacial score (nSPS) is 11.3. The zero-order valence-electron chi connectivity index (χ0n) is 19.5. The number of carbonyl (C=O) groups excluding carboxylic acids is 1. The molecule has 0 heterocycles. The first-order valence-electron chi connectivity index (χ1n) is 10.4. The molecule has 0 aliphatic heterocycles. The smallest absolute Gasteiger partial charge is 0.271 e. The average molecular weight is 482 g/mol. The van der Waals surface area contributed by atoms with Gasteiger partial charge in [-0.25, -0.2) is 13.8 Å². The number of anilines is 1. The van der Waals surface area contributed by atoms with Crippen LogP contribution in [0.2, 0.25) is 0 Å². The minimum Gasteiger partial charge on any atom is -0.493 e. The van der Waals surface area contributed by atoms with Gasteiger partial charge in [-0.05, 0) is 66.1 Å². The standard InChI is InChI=1S/C25H27N3O5S/c1-18-7-5-6-8-21(18)17-28(34(4,30)31)22-12-10-20(11-13-22)25(29)27-26-16-19-9-14-23(32-2)24(15-19)33-3/h5-16H,17H2,1-4H3,(H,27,29)/b26-16-.